The van der Waals surface area contributed by atoms with E-state index in [0.717, 1.165) is 5.56 Å². The van der Waals surface area contributed by atoms with Gasteiger partial charge in [0.2, 0.25) is 10.0 Å². The molecule has 0 fully saturated rings. The molecule has 1 aliphatic heterocycles. The number of hydrogen-bond donors (Lipinski definition) is 2. The van der Waals surface area contributed by atoms with Crippen LogP contribution in [0.4, 0.5) is 11.4 Å². The lowest BCUT2D eigenvalue weighted by atomic mass is 10.2. The topological polar surface area (TPSA) is 84.5 Å². The summed E-state index contributed by atoms with van der Waals surface area (Å²) in [5.74, 6) is -0.0190. The van der Waals surface area contributed by atoms with E-state index >= 15 is 0 Å². The van der Waals surface area contributed by atoms with E-state index in [1.54, 1.807) is 31.2 Å². The molecule has 0 aliphatic carbocycles. The SMILES string of the molecule is Cc1cccc(CS(=O)(=O)Nc2cccc3c2NC(=O)C(C)O3)c1. The van der Waals surface area contributed by atoms with Crippen LogP contribution < -0.4 is 14.8 Å². The zero-order valence-electron chi connectivity index (χ0n) is 13.4. The Hall–Kier alpha value is -2.54. The van der Waals surface area contributed by atoms with Gasteiger partial charge in [0.05, 0.1) is 11.4 Å². The average molecular weight is 346 g/mol. The predicted molar refractivity (Wildman–Crippen MR) is 92.6 cm³/mol. The number of para-hydroxylation sites is 1. The third kappa shape index (κ3) is 3.51. The Morgan fingerprint density at radius 3 is 2.71 bits per heavy atom. The van der Waals surface area contributed by atoms with Crippen molar-refractivity contribution in [3.05, 3.63) is 53.6 Å². The van der Waals surface area contributed by atoms with Crippen LogP contribution in [0.15, 0.2) is 42.5 Å². The second kappa shape index (κ2) is 6.16. The highest BCUT2D eigenvalue weighted by Crippen LogP contribution is 2.36. The zero-order valence-corrected chi connectivity index (χ0v) is 14.2. The van der Waals surface area contributed by atoms with E-state index in [-0.39, 0.29) is 11.7 Å². The second-order valence-corrected chi connectivity index (χ2v) is 7.50. The Morgan fingerprint density at radius 1 is 1.21 bits per heavy atom. The Morgan fingerprint density at radius 2 is 1.96 bits per heavy atom. The fraction of sp³-hybridized carbons (Fsp3) is 0.235. The number of benzene rings is 2. The van der Waals surface area contributed by atoms with Gasteiger partial charge in [0.15, 0.2) is 6.10 Å². The molecule has 0 saturated heterocycles. The summed E-state index contributed by atoms with van der Waals surface area (Å²) in [6.45, 7) is 3.54. The van der Waals surface area contributed by atoms with Gasteiger partial charge >= 0.3 is 0 Å². The maximum absolute atomic E-state index is 12.4. The second-order valence-electron chi connectivity index (χ2n) is 5.78. The molecular weight excluding hydrogens is 328 g/mol. The van der Waals surface area contributed by atoms with Crippen LogP contribution in [0.2, 0.25) is 0 Å². The molecule has 24 heavy (non-hydrogen) atoms. The molecule has 0 spiro atoms. The number of hydrogen-bond acceptors (Lipinski definition) is 4. The smallest absolute Gasteiger partial charge is 0.265 e. The Bertz CT molecular complexity index is 893. The van der Waals surface area contributed by atoms with Gasteiger partial charge in [-0.15, -0.1) is 0 Å². The van der Waals surface area contributed by atoms with Crippen molar-refractivity contribution in [1.82, 2.24) is 0 Å². The highest BCUT2D eigenvalue weighted by atomic mass is 32.2. The lowest BCUT2D eigenvalue weighted by molar-refractivity contribution is -0.122. The summed E-state index contributed by atoms with van der Waals surface area (Å²) in [7, 11) is -3.63. The maximum atomic E-state index is 12.4. The number of carbonyl (C=O) groups excluding carboxylic acids is 1. The van der Waals surface area contributed by atoms with Crippen LogP contribution in [0.1, 0.15) is 18.1 Å². The van der Waals surface area contributed by atoms with Crippen LogP contribution in [0, 0.1) is 6.92 Å². The molecule has 2 aromatic carbocycles. The van der Waals surface area contributed by atoms with E-state index in [9.17, 15) is 13.2 Å². The maximum Gasteiger partial charge on any atom is 0.265 e. The molecule has 7 heteroatoms. The summed E-state index contributed by atoms with van der Waals surface area (Å²) < 4.78 is 32.9. The highest BCUT2D eigenvalue weighted by molar-refractivity contribution is 7.91. The highest BCUT2D eigenvalue weighted by Gasteiger charge is 2.26. The molecule has 3 rings (SSSR count). The summed E-state index contributed by atoms with van der Waals surface area (Å²) in [6, 6.07) is 12.3. The van der Waals surface area contributed by atoms with Gasteiger partial charge in [-0.2, -0.15) is 0 Å². The van der Waals surface area contributed by atoms with Crippen molar-refractivity contribution in [1.29, 1.82) is 0 Å². The monoisotopic (exact) mass is 346 g/mol. The molecule has 0 aromatic heterocycles. The number of fused-ring (bicyclic) bond motifs is 1. The van der Waals surface area contributed by atoms with Gasteiger partial charge in [0.25, 0.3) is 5.91 Å². The van der Waals surface area contributed by atoms with Crippen molar-refractivity contribution in [2.24, 2.45) is 0 Å². The van der Waals surface area contributed by atoms with E-state index in [2.05, 4.69) is 10.0 Å². The van der Waals surface area contributed by atoms with Gasteiger partial charge in [0, 0.05) is 0 Å². The molecular formula is C17H18N2O4S. The van der Waals surface area contributed by atoms with Crippen molar-refractivity contribution in [2.45, 2.75) is 25.7 Å². The third-order valence-electron chi connectivity index (χ3n) is 3.65. The third-order valence-corrected chi connectivity index (χ3v) is 4.90. The minimum absolute atomic E-state index is 0.149. The molecule has 1 amide bonds. The van der Waals surface area contributed by atoms with Crippen LogP contribution in [-0.4, -0.2) is 20.4 Å². The Kier molecular flexibility index (Phi) is 4.19. The summed E-state index contributed by atoms with van der Waals surface area (Å²) in [5, 5.41) is 2.68. The van der Waals surface area contributed by atoms with Crippen molar-refractivity contribution in [3.8, 4) is 5.75 Å². The fourth-order valence-electron chi connectivity index (χ4n) is 2.54. The van der Waals surface area contributed by atoms with Crippen LogP contribution in [0.5, 0.6) is 5.75 Å². The summed E-state index contributed by atoms with van der Waals surface area (Å²) in [6.07, 6.45) is -0.614. The van der Waals surface area contributed by atoms with E-state index in [1.165, 1.54) is 0 Å². The minimum atomic E-state index is -3.63. The van der Waals surface area contributed by atoms with E-state index in [4.69, 9.17) is 4.74 Å². The van der Waals surface area contributed by atoms with Crippen molar-refractivity contribution < 1.29 is 17.9 Å². The molecule has 1 heterocycles. The van der Waals surface area contributed by atoms with Crippen molar-refractivity contribution >= 4 is 27.3 Å². The van der Waals surface area contributed by atoms with Gasteiger partial charge < -0.3 is 10.1 Å². The molecule has 0 radical (unpaired) electrons. The number of nitrogens with one attached hydrogen (secondary N) is 2. The molecule has 2 aromatic rings. The van der Waals surface area contributed by atoms with Crippen LogP contribution >= 0.6 is 0 Å². The van der Waals surface area contributed by atoms with Crippen LogP contribution in [-0.2, 0) is 20.6 Å². The zero-order chi connectivity index (χ0) is 17.3. The molecule has 1 unspecified atom stereocenters. The van der Waals surface area contributed by atoms with Crippen molar-refractivity contribution in [2.75, 3.05) is 10.0 Å². The van der Waals surface area contributed by atoms with Gasteiger partial charge in [0.1, 0.15) is 11.4 Å². The van der Waals surface area contributed by atoms with E-state index in [1.807, 2.05) is 25.1 Å². The predicted octanol–water partition coefficient (Wildman–Crippen LogP) is 2.66. The molecule has 2 N–H and O–H groups in total. The number of carbonyl (C=O) groups is 1. The van der Waals surface area contributed by atoms with Gasteiger partial charge in [-0.1, -0.05) is 35.9 Å². The number of amides is 1. The molecule has 1 aliphatic rings. The number of rotatable bonds is 4. The minimum Gasteiger partial charge on any atom is -0.479 e. The van der Waals surface area contributed by atoms with Crippen LogP contribution in [0.3, 0.4) is 0 Å². The first kappa shape index (κ1) is 16.3. The number of ether oxygens (including phenoxy) is 1. The molecule has 126 valence electrons. The van der Waals surface area contributed by atoms with Gasteiger partial charge in [-0.05, 0) is 31.5 Å². The fourth-order valence-corrected chi connectivity index (χ4v) is 3.73. The van der Waals surface area contributed by atoms with E-state index in [0.29, 0.717) is 22.7 Å². The standard InChI is InChI=1S/C17H18N2O4S/c1-11-5-3-6-13(9-11)10-24(21,22)19-14-7-4-8-15-16(14)18-17(20)12(2)23-15/h3-9,12,19H,10H2,1-2H3,(H,18,20). The molecule has 0 bridgehead atoms. The number of sulfonamides is 1. The number of anilines is 2. The quantitative estimate of drug-likeness (QED) is 0.891. The largest absolute Gasteiger partial charge is 0.479 e. The molecule has 1 atom stereocenters. The average Bonchev–Trinajstić information content (AvgIpc) is 2.48. The Balaban J connectivity index is 1.86. The normalized spacial score (nSPS) is 16.8. The first-order valence-electron chi connectivity index (χ1n) is 7.51. The Labute approximate surface area is 140 Å². The first-order valence-corrected chi connectivity index (χ1v) is 9.16. The summed E-state index contributed by atoms with van der Waals surface area (Å²) >= 11 is 0. The lowest BCUT2D eigenvalue weighted by Crippen LogP contribution is -2.35. The lowest BCUT2D eigenvalue weighted by Gasteiger charge is -2.25. The van der Waals surface area contributed by atoms with Crippen molar-refractivity contribution in [3.63, 3.8) is 0 Å². The molecule has 0 saturated carbocycles. The summed E-state index contributed by atoms with van der Waals surface area (Å²) in [4.78, 5) is 11.8. The van der Waals surface area contributed by atoms with Gasteiger partial charge in [-0.25, -0.2) is 8.42 Å². The van der Waals surface area contributed by atoms with E-state index < -0.39 is 16.1 Å². The first-order chi connectivity index (χ1) is 11.3. The van der Waals surface area contributed by atoms with Gasteiger partial charge in [-0.3, -0.25) is 9.52 Å². The summed E-state index contributed by atoms with van der Waals surface area (Å²) in [5.41, 5.74) is 2.32. The molecule has 6 nitrogen and oxygen atoms in total. The number of aryl methyl sites for hydroxylation is 1. The van der Waals surface area contributed by atoms with Crippen LogP contribution in [0.25, 0.3) is 0 Å².